The molecule has 1 aromatic heterocycles. The number of piperidine rings is 1. The molecule has 8 nitrogen and oxygen atoms in total. The third-order valence-corrected chi connectivity index (χ3v) is 5.46. The Morgan fingerprint density at radius 1 is 1.22 bits per heavy atom. The lowest BCUT2D eigenvalue weighted by atomic mass is 9.97. The number of carbonyl (C=O) groups is 1. The van der Waals surface area contributed by atoms with Gasteiger partial charge in [-0.2, -0.15) is 4.98 Å². The fourth-order valence-electron chi connectivity index (χ4n) is 3.86. The molecule has 3 aromatic rings. The van der Waals surface area contributed by atoms with Gasteiger partial charge in [-0.15, -0.1) is 0 Å². The van der Waals surface area contributed by atoms with Crippen molar-refractivity contribution in [1.82, 2.24) is 15.0 Å². The maximum atomic E-state index is 12.8. The van der Waals surface area contributed by atoms with Crippen LogP contribution in [0.2, 0.25) is 0 Å². The van der Waals surface area contributed by atoms with Gasteiger partial charge in [-0.25, -0.2) is 0 Å². The van der Waals surface area contributed by atoms with Gasteiger partial charge in [-0.1, -0.05) is 11.2 Å². The summed E-state index contributed by atoms with van der Waals surface area (Å²) < 4.78 is 16.2. The molecule has 1 amide bonds. The standard InChI is InChI=1S/C24H28N4O4/c1-3-31-21-8-4-7-19(14-21)25-24(29)18-6-5-13-28(15-18)16-22-26-23(27-32-22)17-9-11-20(30-2)12-10-17/h4,7-12,14,18H,3,5-6,13,15-16H2,1-2H3,(H,25,29). The highest BCUT2D eigenvalue weighted by molar-refractivity contribution is 5.92. The van der Waals surface area contributed by atoms with Crippen LogP contribution >= 0.6 is 0 Å². The van der Waals surface area contributed by atoms with E-state index in [9.17, 15) is 4.79 Å². The number of hydrogen-bond donors (Lipinski definition) is 1. The van der Waals surface area contributed by atoms with Crippen molar-refractivity contribution in [3.8, 4) is 22.9 Å². The van der Waals surface area contributed by atoms with E-state index >= 15 is 0 Å². The second-order valence-corrected chi connectivity index (χ2v) is 7.76. The minimum absolute atomic E-state index is 0.0211. The van der Waals surface area contributed by atoms with Gasteiger partial charge in [0.25, 0.3) is 0 Å². The summed E-state index contributed by atoms with van der Waals surface area (Å²) in [7, 11) is 1.63. The zero-order valence-corrected chi connectivity index (χ0v) is 18.4. The highest BCUT2D eigenvalue weighted by Gasteiger charge is 2.27. The Morgan fingerprint density at radius 3 is 2.84 bits per heavy atom. The number of rotatable bonds is 8. The lowest BCUT2D eigenvalue weighted by Gasteiger charge is -2.30. The number of likely N-dealkylation sites (tertiary alicyclic amines) is 1. The second-order valence-electron chi connectivity index (χ2n) is 7.76. The number of amides is 1. The van der Waals surface area contributed by atoms with Crippen LogP contribution in [0, 0.1) is 5.92 Å². The van der Waals surface area contributed by atoms with Crippen LogP contribution in [0.1, 0.15) is 25.7 Å². The Labute approximate surface area is 187 Å². The zero-order valence-electron chi connectivity index (χ0n) is 18.4. The lowest BCUT2D eigenvalue weighted by Crippen LogP contribution is -2.40. The normalized spacial score (nSPS) is 16.5. The number of nitrogens with zero attached hydrogens (tertiary/aromatic N) is 3. The number of ether oxygens (including phenoxy) is 2. The smallest absolute Gasteiger partial charge is 0.241 e. The van der Waals surface area contributed by atoms with Gasteiger partial charge in [0.2, 0.25) is 17.6 Å². The molecular weight excluding hydrogens is 408 g/mol. The third-order valence-electron chi connectivity index (χ3n) is 5.46. The van der Waals surface area contributed by atoms with Crippen molar-refractivity contribution in [2.45, 2.75) is 26.3 Å². The Balaban J connectivity index is 1.34. The monoisotopic (exact) mass is 436 g/mol. The molecule has 1 saturated heterocycles. The Hall–Kier alpha value is -3.39. The van der Waals surface area contributed by atoms with Crippen LogP contribution in [0.15, 0.2) is 53.1 Å². The molecule has 1 aliphatic heterocycles. The first-order chi connectivity index (χ1) is 15.6. The summed E-state index contributed by atoms with van der Waals surface area (Å²) in [5.74, 6) is 2.54. The minimum Gasteiger partial charge on any atom is -0.497 e. The van der Waals surface area contributed by atoms with E-state index in [4.69, 9.17) is 14.0 Å². The average molecular weight is 437 g/mol. The van der Waals surface area contributed by atoms with Crippen molar-refractivity contribution >= 4 is 11.6 Å². The van der Waals surface area contributed by atoms with Crippen LogP contribution in [0.25, 0.3) is 11.4 Å². The average Bonchev–Trinajstić information content (AvgIpc) is 3.28. The molecular formula is C24H28N4O4. The predicted octanol–water partition coefficient (Wildman–Crippen LogP) is 3.99. The van der Waals surface area contributed by atoms with Gasteiger partial charge in [0.1, 0.15) is 11.5 Å². The summed E-state index contributed by atoms with van der Waals surface area (Å²) in [5, 5.41) is 7.12. The number of benzene rings is 2. The van der Waals surface area contributed by atoms with E-state index in [0.29, 0.717) is 31.4 Å². The Bertz CT molecular complexity index is 1030. The first kappa shape index (κ1) is 21.8. The van der Waals surface area contributed by atoms with E-state index in [2.05, 4.69) is 20.4 Å². The molecule has 0 radical (unpaired) electrons. The molecule has 4 rings (SSSR count). The summed E-state index contributed by atoms with van der Waals surface area (Å²) >= 11 is 0. The van der Waals surface area contributed by atoms with Gasteiger partial charge in [-0.3, -0.25) is 9.69 Å². The minimum atomic E-state index is -0.0940. The molecule has 2 aromatic carbocycles. The molecule has 1 unspecified atom stereocenters. The Kier molecular flexibility index (Phi) is 7.01. The van der Waals surface area contributed by atoms with Gasteiger partial charge in [-0.05, 0) is 62.7 Å². The van der Waals surface area contributed by atoms with Crippen LogP contribution in [0.4, 0.5) is 5.69 Å². The van der Waals surface area contributed by atoms with E-state index < -0.39 is 0 Å². The summed E-state index contributed by atoms with van der Waals surface area (Å²) in [5.41, 5.74) is 1.62. The van der Waals surface area contributed by atoms with Gasteiger partial charge >= 0.3 is 0 Å². The van der Waals surface area contributed by atoms with E-state index in [1.165, 1.54) is 0 Å². The summed E-state index contributed by atoms with van der Waals surface area (Å²) in [6.07, 6.45) is 1.80. The molecule has 0 aliphatic carbocycles. The van der Waals surface area contributed by atoms with E-state index in [-0.39, 0.29) is 11.8 Å². The summed E-state index contributed by atoms with van der Waals surface area (Å²) in [6, 6.07) is 15.0. The molecule has 0 bridgehead atoms. The molecule has 1 aliphatic rings. The molecule has 1 N–H and O–H groups in total. The van der Waals surface area contributed by atoms with Gasteiger partial charge < -0.3 is 19.3 Å². The molecule has 8 heteroatoms. The quantitative estimate of drug-likeness (QED) is 0.571. The SMILES string of the molecule is CCOc1cccc(NC(=O)C2CCCN(Cc3nc(-c4ccc(OC)cc4)no3)C2)c1. The van der Waals surface area contributed by atoms with Crippen molar-refractivity contribution in [3.63, 3.8) is 0 Å². The van der Waals surface area contributed by atoms with Gasteiger partial charge in [0.15, 0.2) is 0 Å². The highest BCUT2D eigenvalue weighted by atomic mass is 16.5. The van der Waals surface area contributed by atoms with Gasteiger partial charge in [0, 0.05) is 23.9 Å². The zero-order chi connectivity index (χ0) is 22.3. The van der Waals surface area contributed by atoms with E-state index in [1.54, 1.807) is 7.11 Å². The van der Waals surface area contributed by atoms with E-state index in [1.807, 2.05) is 55.5 Å². The molecule has 0 spiro atoms. The fourth-order valence-corrected chi connectivity index (χ4v) is 3.86. The second kappa shape index (κ2) is 10.3. The highest BCUT2D eigenvalue weighted by Crippen LogP contribution is 2.24. The van der Waals surface area contributed by atoms with Crippen molar-refractivity contribution in [2.75, 3.05) is 32.1 Å². The van der Waals surface area contributed by atoms with Crippen LogP contribution in [0.5, 0.6) is 11.5 Å². The number of hydrogen-bond acceptors (Lipinski definition) is 7. The van der Waals surface area contributed by atoms with Crippen molar-refractivity contribution in [1.29, 1.82) is 0 Å². The lowest BCUT2D eigenvalue weighted by molar-refractivity contribution is -0.121. The molecule has 32 heavy (non-hydrogen) atoms. The van der Waals surface area contributed by atoms with E-state index in [0.717, 1.165) is 42.1 Å². The molecule has 2 heterocycles. The number of methoxy groups -OCH3 is 1. The number of carbonyl (C=O) groups excluding carboxylic acids is 1. The Morgan fingerprint density at radius 2 is 2.06 bits per heavy atom. The van der Waals surface area contributed by atoms with Crippen molar-refractivity contribution < 1.29 is 18.8 Å². The van der Waals surface area contributed by atoms with Crippen LogP contribution in [-0.2, 0) is 11.3 Å². The van der Waals surface area contributed by atoms with Crippen LogP contribution in [-0.4, -0.2) is 47.8 Å². The summed E-state index contributed by atoms with van der Waals surface area (Å²) in [6.45, 7) is 4.59. The van der Waals surface area contributed by atoms with Crippen molar-refractivity contribution in [2.24, 2.45) is 5.92 Å². The largest absolute Gasteiger partial charge is 0.497 e. The first-order valence-corrected chi connectivity index (χ1v) is 10.9. The molecule has 1 atom stereocenters. The maximum absolute atomic E-state index is 12.8. The number of nitrogens with one attached hydrogen (secondary N) is 1. The van der Waals surface area contributed by atoms with Crippen LogP contribution in [0.3, 0.4) is 0 Å². The summed E-state index contributed by atoms with van der Waals surface area (Å²) in [4.78, 5) is 19.5. The topological polar surface area (TPSA) is 89.7 Å². The molecule has 1 fully saturated rings. The third kappa shape index (κ3) is 5.45. The molecule has 0 saturated carbocycles. The first-order valence-electron chi connectivity index (χ1n) is 10.9. The van der Waals surface area contributed by atoms with Crippen LogP contribution < -0.4 is 14.8 Å². The molecule has 168 valence electrons. The number of aromatic nitrogens is 2. The van der Waals surface area contributed by atoms with Gasteiger partial charge in [0.05, 0.1) is 26.2 Å². The number of anilines is 1. The van der Waals surface area contributed by atoms with Crippen molar-refractivity contribution in [3.05, 3.63) is 54.4 Å². The fraction of sp³-hybridized carbons (Fsp3) is 0.375. The predicted molar refractivity (Wildman–Crippen MR) is 121 cm³/mol. The maximum Gasteiger partial charge on any atom is 0.241 e.